The van der Waals surface area contributed by atoms with Gasteiger partial charge >= 0.3 is 0 Å². The minimum absolute atomic E-state index is 0.579. The molecule has 0 atom stereocenters. The van der Waals surface area contributed by atoms with Crippen molar-refractivity contribution in [3.63, 3.8) is 0 Å². The fraction of sp³-hybridized carbons (Fsp3) is 0.471. The van der Waals surface area contributed by atoms with Gasteiger partial charge in [0.1, 0.15) is 0 Å². The van der Waals surface area contributed by atoms with Crippen molar-refractivity contribution in [2.75, 3.05) is 25.0 Å². The fourth-order valence-electron chi connectivity index (χ4n) is 3.30. The van der Waals surface area contributed by atoms with Gasteiger partial charge in [0.2, 0.25) is 0 Å². The molecule has 1 saturated heterocycles. The summed E-state index contributed by atoms with van der Waals surface area (Å²) < 4.78 is 0. The molecule has 5 nitrogen and oxygen atoms in total. The lowest BCUT2D eigenvalue weighted by molar-refractivity contribution is 0.196. The number of nitrogens with zero attached hydrogens (tertiary/aromatic N) is 5. The molecule has 1 aliphatic heterocycles. The summed E-state index contributed by atoms with van der Waals surface area (Å²) in [4.78, 5) is 8.91. The van der Waals surface area contributed by atoms with Crippen LogP contribution in [0.1, 0.15) is 23.2 Å². The van der Waals surface area contributed by atoms with Crippen molar-refractivity contribution in [1.82, 2.24) is 20.1 Å². The number of hydrogen-bond acceptors (Lipinski definition) is 5. The molecule has 0 unspecified atom stereocenters. The minimum Gasteiger partial charge on any atom is -0.352 e. The van der Waals surface area contributed by atoms with Gasteiger partial charge in [0.05, 0.1) is 5.69 Å². The predicted molar refractivity (Wildman–Crippen MR) is 85.8 cm³/mol. The van der Waals surface area contributed by atoms with Crippen LogP contribution in [0, 0.1) is 0 Å². The van der Waals surface area contributed by atoms with Gasteiger partial charge in [-0.2, -0.15) is 5.10 Å². The number of rotatable bonds is 4. The molecule has 2 aromatic heterocycles. The van der Waals surface area contributed by atoms with Gasteiger partial charge in [-0.05, 0) is 49.6 Å². The topological polar surface area (TPSA) is 45.2 Å². The maximum absolute atomic E-state index is 4.40. The van der Waals surface area contributed by atoms with E-state index < -0.39 is 0 Å². The molecule has 0 bridgehead atoms. The van der Waals surface area contributed by atoms with Crippen LogP contribution in [0.15, 0.2) is 30.6 Å². The molecule has 0 radical (unpaired) electrons. The first-order valence-electron chi connectivity index (χ1n) is 7.99. The highest BCUT2D eigenvalue weighted by Crippen LogP contribution is 2.26. The molecule has 4 rings (SSSR count). The molecule has 3 heterocycles. The summed E-state index contributed by atoms with van der Waals surface area (Å²) in [6.45, 7) is 3.01. The lowest BCUT2D eigenvalue weighted by atomic mass is 10.1. The number of aryl methyl sites for hydroxylation is 2. The van der Waals surface area contributed by atoms with Crippen LogP contribution >= 0.6 is 0 Å². The third kappa shape index (κ3) is 2.57. The summed E-state index contributed by atoms with van der Waals surface area (Å²) in [7, 11) is 2.18. The Labute approximate surface area is 131 Å². The second-order valence-electron chi connectivity index (χ2n) is 6.36. The van der Waals surface area contributed by atoms with E-state index in [9.17, 15) is 0 Å². The monoisotopic (exact) mass is 295 g/mol. The normalized spacial score (nSPS) is 17.6. The highest BCUT2D eigenvalue weighted by Gasteiger charge is 2.31. The zero-order valence-corrected chi connectivity index (χ0v) is 12.9. The van der Waals surface area contributed by atoms with Crippen molar-refractivity contribution in [3.05, 3.63) is 47.4 Å². The van der Waals surface area contributed by atoms with Crippen molar-refractivity contribution in [3.8, 4) is 0 Å². The molecule has 1 fully saturated rings. The van der Waals surface area contributed by atoms with Crippen LogP contribution in [0.25, 0.3) is 0 Å². The molecule has 1 aliphatic carbocycles. The molecule has 114 valence electrons. The average molecular weight is 295 g/mol. The molecule has 0 amide bonds. The van der Waals surface area contributed by atoms with Crippen molar-refractivity contribution in [1.29, 1.82) is 0 Å². The second kappa shape index (κ2) is 5.65. The third-order valence-corrected chi connectivity index (χ3v) is 4.77. The van der Waals surface area contributed by atoms with E-state index in [0.29, 0.717) is 6.04 Å². The van der Waals surface area contributed by atoms with Crippen molar-refractivity contribution >= 4 is 5.82 Å². The van der Waals surface area contributed by atoms with Crippen LogP contribution in [0.4, 0.5) is 5.82 Å². The second-order valence-corrected chi connectivity index (χ2v) is 6.36. The quantitative estimate of drug-likeness (QED) is 0.859. The molecular formula is C17H21N5. The molecule has 22 heavy (non-hydrogen) atoms. The Morgan fingerprint density at radius 1 is 1.27 bits per heavy atom. The van der Waals surface area contributed by atoms with Crippen molar-refractivity contribution in [2.45, 2.75) is 31.8 Å². The zero-order chi connectivity index (χ0) is 14.9. The van der Waals surface area contributed by atoms with E-state index >= 15 is 0 Å². The first kappa shape index (κ1) is 13.6. The first-order chi connectivity index (χ1) is 10.8. The van der Waals surface area contributed by atoms with Gasteiger partial charge in [0.25, 0.3) is 0 Å². The van der Waals surface area contributed by atoms with Gasteiger partial charge in [-0.1, -0.05) is 6.07 Å². The van der Waals surface area contributed by atoms with E-state index in [1.54, 1.807) is 0 Å². The standard InChI is InChI=1S/C17H21N5/c1-21(10-13-4-3-7-18-9-13)15-11-22(12-15)17-8-14-5-2-6-16(14)19-20-17/h3-4,7-9,15H,2,5-6,10-12H2,1H3. The third-order valence-electron chi connectivity index (χ3n) is 4.77. The van der Waals surface area contributed by atoms with Crippen LogP contribution in [-0.4, -0.2) is 46.3 Å². The Hall–Kier alpha value is -2.01. The van der Waals surface area contributed by atoms with Gasteiger partial charge in [-0.25, -0.2) is 0 Å². The Bertz CT molecular complexity index is 651. The summed E-state index contributed by atoms with van der Waals surface area (Å²) >= 11 is 0. The fourth-order valence-corrected chi connectivity index (χ4v) is 3.30. The summed E-state index contributed by atoms with van der Waals surface area (Å²) in [6, 6.07) is 6.95. The number of anilines is 1. The minimum atomic E-state index is 0.579. The van der Waals surface area contributed by atoms with Crippen LogP contribution in [-0.2, 0) is 19.4 Å². The highest BCUT2D eigenvalue weighted by atomic mass is 15.4. The molecule has 0 aromatic carbocycles. The largest absolute Gasteiger partial charge is 0.352 e. The van der Waals surface area contributed by atoms with Crippen LogP contribution in [0.2, 0.25) is 0 Å². The Balaban J connectivity index is 1.35. The van der Waals surface area contributed by atoms with Crippen LogP contribution < -0.4 is 4.90 Å². The predicted octanol–water partition coefficient (Wildman–Crippen LogP) is 1.68. The lowest BCUT2D eigenvalue weighted by Gasteiger charge is -2.44. The maximum atomic E-state index is 4.40. The average Bonchev–Trinajstić information content (AvgIpc) is 2.94. The molecule has 5 heteroatoms. The molecule has 2 aliphatic rings. The number of pyridine rings is 1. The number of fused-ring (bicyclic) bond motifs is 1. The van der Waals surface area contributed by atoms with Gasteiger partial charge < -0.3 is 4.90 Å². The number of hydrogen-bond donors (Lipinski definition) is 0. The molecular weight excluding hydrogens is 274 g/mol. The van der Waals surface area contributed by atoms with Gasteiger partial charge in [0, 0.05) is 38.1 Å². The van der Waals surface area contributed by atoms with Gasteiger partial charge in [0.15, 0.2) is 5.82 Å². The van der Waals surface area contributed by atoms with E-state index in [1.165, 1.54) is 23.2 Å². The molecule has 0 N–H and O–H groups in total. The summed E-state index contributed by atoms with van der Waals surface area (Å²) in [5.74, 6) is 1.05. The van der Waals surface area contributed by atoms with E-state index in [4.69, 9.17) is 0 Å². The molecule has 0 spiro atoms. The molecule has 0 saturated carbocycles. The Morgan fingerprint density at radius 3 is 3.00 bits per heavy atom. The lowest BCUT2D eigenvalue weighted by Crippen LogP contribution is -2.58. The SMILES string of the molecule is CN(Cc1cccnc1)C1CN(c2cc3c(nn2)CCC3)C1. The van der Waals surface area contributed by atoms with Crippen molar-refractivity contribution < 1.29 is 0 Å². The zero-order valence-electron chi connectivity index (χ0n) is 12.9. The maximum Gasteiger partial charge on any atom is 0.151 e. The highest BCUT2D eigenvalue weighted by molar-refractivity contribution is 5.45. The number of aromatic nitrogens is 3. The summed E-state index contributed by atoms with van der Waals surface area (Å²) in [6.07, 6.45) is 7.25. The number of likely N-dealkylation sites (N-methyl/N-ethyl adjacent to an activating group) is 1. The smallest absolute Gasteiger partial charge is 0.151 e. The Kier molecular flexibility index (Phi) is 3.50. The summed E-state index contributed by atoms with van der Waals surface area (Å²) in [5, 5.41) is 8.78. The first-order valence-corrected chi connectivity index (χ1v) is 7.99. The van der Waals surface area contributed by atoms with E-state index in [-0.39, 0.29) is 0 Å². The van der Waals surface area contributed by atoms with E-state index in [1.807, 2.05) is 18.5 Å². The van der Waals surface area contributed by atoms with E-state index in [2.05, 4.69) is 44.2 Å². The Morgan fingerprint density at radius 2 is 2.18 bits per heavy atom. The summed E-state index contributed by atoms with van der Waals surface area (Å²) in [5.41, 5.74) is 3.87. The van der Waals surface area contributed by atoms with Gasteiger partial charge in [-0.15, -0.1) is 5.10 Å². The van der Waals surface area contributed by atoms with Crippen LogP contribution in [0.5, 0.6) is 0 Å². The molecule has 2 aromatic rings. The van der Waals surface area contributed by atoms with Crippen molar-refractivity contribution in [2.24, 2.45) is 0 Å². The van der Waals surface area contributed by atoms with Crippen LogP contribution in [0.3, 0.4) is 0 Å². The van der Waals surface area contributed by atoms with E-state index in [0.717, 1.165) is 38.3 Å². The van der Waals surface area contributed by atoms with Gasteiger partial charge in [-0.3, -0.25) is 9.88 Å².